The Morgan fingerprint density at radius 1 is 0.767 bits per heavy atom. The van der Waals surface area contributed by atoms with Gasteiger partial charge in [-0.05, 0) is 60.5 Å². The number of hydrogen-bond donors (Lipinski definition) is 1. The summed E-state index contributed by atoms with van der Waals surface area (Å²) < 4.78 is 21.8. The van der Waals surface area contributed by atoms with Crippen LogP contribution < -0.4 is 24.3 Å². The topological polar surface area (TPSA) is 66.0 Å². The van der Waals surface area contributed by atoms with Crippen LogP contribution in [0.5, 0.6) is 28.7 Å². The van der Waals surface area contributed by atoms with Gasteiger partial charge in [-0.1, -0.05) is 12.1 Å². The maximum Gasteiger partial charge on any atom is 0.228 e. The van der Waals surface area contributed by atoms with E-state index < -0.39 is 0 Å². The number of amides is 1. The lowest BCUT2D eigenvalue weighted by molar-refractivity contribution is -0.115. The zero-order valence-electron chi connectivity index (χ0n) is 17.5. The Kier molecular flexibility index (Phi) is 6.80. The minimum Gasteiger partial charge on any atom is -0.497 e. The molecule has 0 heterocycles. The average molecular weight is 407 g/mol. The monoisotopic (exact) mass is 407 g/mol. The number of methoxy groups -OCH3 is 3. The molecule has 6 heteroatoms. The van der Waals surface area contributed by atoms with Crippen molar-refractivity contribution < 1.29 is 23.7 Å². The highest BCUT2D eigenvalue weighted by molar-refractivity contribution is 5.92. The molecule has 0 saturated heterocycles. The SMILES string of the molecule is COc1ccc(Oc2cc(NC(=O)Cc3ccc(C)c(OC)c3)ccc2OC)cc1. The maximum atomic E-state index is 12.5. The first-order valence-electron chi connectivity index (χ1n) is 9.45. The first-order valence-corrected chi connectivity index (χ1v) is 9.45. The molecule has 0 atom stereocenters. The van der Waals surface area contributed by atoms with Crippen LogP contribution in [0.1, 0.15) is 11.1 Å². The number of nitrogens with one attached hydrogen (secondary N) is 1. The lowest BCUT2D eigenvalue weighted by atomic mass is 10.1. The van der Waals surface area contributed by atoms with E-state index in [1.807, 2.05) is 37.3 Å². The van der Waals surface area contributed by atoms with Crippen molar-refractivity contribution in [3.05, 3.63) is 71.8 Å². The quantitative estimate of drug-likeness (QED) is 0.570. The molecule has 1 amide bonds. The molecule has 0 radical (unpaired) electrons. The van der Waals surface area contributed by atoms with Crippen molar-refractivity contribution in [2.75, 3.05) is 26.6 Å². The Balaban J connectivity index is 1.72. The van der Waals surface area contributed by atoms with Crippen molar-refractivity contribution in [1.82, 2.24) is 0 Å². The van der Waals surface area contributed by atoms with E-state index in [0.29, 0.717) is 22.9 Å². The van der Waals surface area contributed by atoms with Gasteiger partial charge in [-0.2, -0.15) is 0 Å². The van der Waals surface area contributed by atoms with Crippen molar-refractivity contribution in [3.8, 4) is 28.7 Å². The van der Waals surface area contributed by atoms with Crippen molar-refractivity contribution in [1.29, 1.82) is 0 Å². The number of carbonyl (C=O) groups excluding carboxylic acids is 1. The summed E-state index contributed by atoms with van der Waals surface area (Å²) in [7, 11) is 4.80. The summed E-state index contributed by atoms with van der Waals surface area (Å²) in [6, 6.07) is 18.2. The van der Waals surface area contributed by atoms with E-state index in [9.17, 15) is 4.79 Å². The van der Waals surface area contributed by atoms with Gasteiger partial charge in [0.15, 0.2) is 11.5 Å². The molecule has 0 bridgehead atoms. The van der Waals surface area contributed by atoms with Gasteiger partial charge in [0.05, 0.1) is 27.8 Å². The van der Waals surface area contributed by atoms with Gasteiger partial charge in [-0.15, -0.1) is 0 Å². The highest BCUT2D eigenvalue weighted by Gasteiger charge is 2.11. The third-order valence-electron chi connectivity index (χ3n) is 4.57. The molecule has 30 heavy (non-hydrogen) atoms. The minimum atomic E-state index is -0.138. The lowest BCUT2D eigenvalue weighted by Gasteiger charge is -2.13. The molecular formula is C24H25NO5. The molecule has 0 aromatic heterocycles. The molecule has 0 unspecified atom stereocenters. The molecule has 6 nitrogen and oxygen atoms in total. The van der Waals surface area contributed by atoms with Gasteiger partial charge in [-0.3, -0.25) is 4.79 Å². The first-order chi connectivity index (χ1) is 14.5. The van der Waals surface area contributed by atoms with Crippen LogP contribution in [-0.4, -0.2) is 27.2 Å². The van der Waals surface area contributed by atoms with Gasteiger partial charge in [0.2, 0.25) is 5.91 Å². The van der Waals surface area contributed by atoms with E-state index in [-0.39, 0.29) is 12.3 Å². The highest BCUT2D eigenvalue weighted by Crippen LogP contribution is 2.34. The number of carbonyl (C=O) groups is 1. The molecular weight excluding hydrogens is 382 g/mol. The highest BCUT2D eigenvalue weighted by atomic mass is 16.5. The van der Waals surface area contributed by atoms with E-state index >= 15 is 0 Å². The smallest absolute Gasteiger partial charge is 0.228 e. The summed E-state index contributed by atoms with van der Waals surface area (Å²) >= 11 is 0. The van der Waals surface area contributed by atoms with E-state index in [4.69, 9.17) is 18.9 Å². The summed E-state index contributed by atoms with van der Waals surface area (Å²) in [5.41, 5.74) is 2.51. The summed E-state index contributed by atoms with van der Waals surface area (Å²) in [6.45, 7) is 1.96. The van der Waals surface area contributed by atoms with Crippen LogP contribution in [0.3, 0.4) is 0 Å². The van der Waals surface area contributed by atoms with Crippen LogP contribution in [-0.2, 0) is 11.2 Å². The average Bonchev–Trinajstić information content (AvgIpc) is 2.76. The van der Waals surface area contributed by atoms with Crippen molar-refractivity contribution >= 4 is 11.6 Å². The van der Waals surface area contributed by atoms with E-state index in [1.54, 1.807) is 51.7 Å². The number of anilines is 1. The van der Waals surface area contributed by atoms with E-state index in [0.717, 1.165) is 22.6 Å². The van der Waals surface area contributed by atoms with Crippen LogP contribution in [0.4, 0.5) is 5.69 Å². The number of rotatable bonds is 8. The van der Waals surface area contributed by atoms with Crippen LogP contribution in [0.2, 0.25) is 0 Å². The molecule has 0 spiro atoms. The standard InChI is InChI=1S/C24H25NO5/c1-16-5-6-17(13-22(16)29-4)14-24(26)25-18-7-12-21(28-3)23(15-18)30-20-10-8-19(27-2)9-11-20/h5-13,15H,14H2,1-4H3,(H,25,26). The molecule has 0 saturated carbocycles. The van der Waals surface area contributed by atoms with Crippen LogP contribution >= 0.6 is 0 Å². The third kappa shape index (κ3) is 5.23. The molecule has 0 aliphatic rings. The van der Waals surface area contributed by atoms with Crippen molar-refractivity contribution in [3.63, 3.8) is 0 Å². The van der Waals surface area contributed by atoms with Crippen LogP contribution in [0.25, 0.3) is 0 Å². The Bertz CT molecular complexity index is 1010. The number of aryl methyl sites for hydroxylation is 1. The largest absolute Gasteiger partial charge is 0.497 e. The van der Waals surface area contributed by atoms with Gasteiger partial charge in [-0.25, -0.2) is 0 Å². The summed E-state index contributed by atoms with van der Waals surface area (Å²) in [5, 5.41) is 2.90. The fourth-order valence-electron chi connectivity index (χ4n) is 2.97. The molecule has 3 aromatic carbocycles. The Labute approximate surface area is 176 Å². The summed E-state index contributed by atoms with van der Waals surface area (Å²) in [4.78, 5) is 12.5. The fourth-order valence-corrected chi connectivity index (χ4v) is 2.97. The van der Waals surface area contributed by atoms with Gasteiger partial charge in [0.25, 0.3) is 0 Å². The van der Waals surface area contributed by atoms with E-state index in [2.05, 4.69) is 5.32 Å². The molecule has 3 aromatic rings. The van der Waals surface area contributed by atoms with Gasteiger partial charge in [0.1, 0.15) is 17.2 Å². The zero-order chi connectivity index (χ0) is 21.5. The Morgan fingerprint density at radius 2 is 1.47 bits per heavy atom. The number of hydrogen-bond acceptors (Lipinski definition) is 5. The minimum absolute atomic E-state index is 0.138. The maximum absolute atomic E-state index is 12.5. The first kappa shape index (κ1) is 21.0. The van der Waals surface area contributed by atoms with Crippen molar-refractivity contribution in [2.45, 2.75) is 13.3 Å². The molecule has 1 N–H and O–H groups in total. The Morgan fingerprint density at radius 3 is 2.13 bits per heavy atom. The molecule has 3 rings (SSSR count). The molecule has 0 aliphatic heterocycles. The second-order valence-electron chi connectivity index (χ2n) is 6.67. The van der Waals surface area contributed by atoms with Gasteiger partial charge in [0, 0.05) is 11.8 Å². The normalized spacial score (nSPS) is 10.3. The summed E-state index contributed by atoms with van der Waals surface area (Å²) in [5.74, 6) is 3.05. The number of benzene rings is 3. The molecule has 156 valence electrons. The summed E-state index contributed by atoms with van der Waals surface area (Å²) in [6.07, 6.45) is 0.233. The fraction of sp³-hybridized carbons (Fsp3) is 0.208. The predicted molar refractivity (Wildman–Crippen MR) is 116 cm³/mol. The number of ether oxygens (including phenoxy) is 4. The Hall–Kier alpha value is -3.67. The third-order valence-corrected chi connectivity index (χ3v) is 4.57. The predicted octanol–water partition coefficient (Wildman–Crippen LogP) is 4.99. The van der Waals surface area contributed by atoms with E-state index in [1.165, 1.54) is 0 Å². The van der Waals surface area contributed by atoms with Gasteiger partial charge < -0.3 is 24.3 Å². The lowest BCUT2D eigenvalue weighted by Crippen LogP contribution is -2.14. The second kappa shape index (κ2) is 9.69. The zero-order valence-corrected chi connectivity index (χ0v) is 17.5. The van der Waals surface area contributed by atoms with Crippen LogP contribution in [0.15, 0.2) is 60.7 Å². The van der Waals surface area contributed by atoms with Crippen LogP contribution in [0, 0.1) is 6.92 Å². The molecule has 0 fully saturated rings. The molecule has 0 aliphatic carbocycles. The van der Waals surface area contributed by atoms with Crippen molar-refractivity contribution in [2.24, 2.45) is 0 Å². The van der Waals surface area contributed by atoms with Gasteiger partial charge >= 0.3 is 0 Å². The second-order valence-corrected chi connectivity index (χ2v) is 6.67.